The van der Waals surface area contributed by atoms with Gasteiger partial charge in [-0.2, -0.15) is 0 Å². The van der Waals surface area contributed by atoms with E-state index < -0.39 is 5.79 Å². The van der Waals surface area contributed by atoms with Crippen LogP contribution in [0.4, 0.5) is 0 Å². The van der Waals surface area contributed by atoms with Crippen molar-refractivity contribution in [3.05, 3.63) is 46.6 Å². The highest BCUT2D eigenvalue weighted by Gasteiger charge is 2.24. The standard InChI is InChI=1S/C15H20O4/c1-15(2)18-9-13-4-3-11(7-16)5-12(8-17)6-14(13)10-19-15/h3-6,16-17H,7-10H2,1-2H3/b4-3-,11-3?,11-5+,12-5?,12-6+,13-4?,14-6?. The molecule has 0 saturated carbocycles. The zero-order valence-electron chi connectivity index (χ0n) is 11.3. The smallest absolute Gasteiger partial charge is 0.163 e. The molecule has 0 atom stereocenters. The minimum Gasteiger partial charge on any atom is -0.392 e. The fourth-order valence-electron chi connectivity index (χ4n) is 1.97. The van der Waals surface area contributed by atoms with Gasteiger partial charge in [0, 0.05) is 0 Å². The van der Waals surface area contributed by atoms with Gasteiger partial charge in [0.1, 0.15) is 0 Å². The molecule has 1 aliphatic carbocycles. The fourth-order valence-corrected chi connectivity index (χ4v) is 1.97. The Bertz CT molecular complexity index is 467. The summed E-state index contributed by atoms with van der Waals surface area (Å²) in [7, 11) is 0. The highest BCUT2D eigenvalue weighted by atomic mass is 16.7. The van der Waals surface area contributed by atoms with Gasteiger partial charge < -0.3 is 19.7 Å². The van der Waals surface area contributed by atoms with Crippen molar-refractivity contribution in [3.8, 4) is 0 Å². The van der Waals surface area contributed by atoms with Crippen LogP contribution in [0.25, 0.3) is 0 Å². The molecule has 0 fully saturated rings. The highest BCUT2D eigenvalue weighted by molar-refractivity contribution is 5.45. The minimum absolute atomic E-state index is 0.0562. The lowest BCUT2D eigenvalue weighted by Crippen LogP contribution is -2.27. The van der Waals surface area contributed by atoms with Crippen LogP contribution < -0.4 is 0 Å². The van der Waals surface area contributed by atoms with Crippen molar-refractivity contribution in [3.63, 3.8) is 0 Å². The monoisotopic (exact) mass is 264 g/mol. The summed E-state index contributed by atoms with van der Waals surface area (Å²) in [6.45, 7) is 4.53. The van der Waals surface area contributed by atoms with Crippen LogP contribution in [0.3, 0.4) is 0 Å². The number of rotatable bonds is 2. The molecule has 0 aromatic heterocycles. The third kappa shape index (κ3) is 3.64. The average molecular weight is 264 g/mol. The molecular weight excluding hydrogens is 244 g/mol. The van der Waals surface area contributed by atoms with Crippen molar-refractivity contribution in [2.45, 2.75) is 19.6 Å². The molecule has 0 spiro atoms. The Labute approximate surface area is 113 Å². The summed E-state index contributed by atoms with van der Waals surface area (Å²) < 4.78 is 11.4. The summed E-state index contributed by atoms with van der Waals surface area (Å²) in [5, 5.41) is 18.6. The summed E-state index contributed by atoms with van der Waals surface area (Å²) in [6, 6.07) is 0. The van der Waals surface area contributed by atoms with Crippen LogP contribution in [-0.2, 0) is 9.47 Å². The first-order chi connectivity index (χ1) is 9.04. The van der Waals surface area contributed by atoms with Gasteiger partial charge in [0.25, 0.3) is 0 Å². The van der Waals surface area contributed by atoms with Crippen LogP contribution in [0.1, 0.15) is 13.8 Å². The van der Waals surface area contributed by atoms with E-state index in [2.05, 4.69) is 0 Å². The second-order valence-electron chi connectivity index (χ2n) is 5.12. The molecule has 0 aromatic rings. The highest BCUT2D eigenvalue weighted by Crippen LogP contribution is 2.25. The molecule has 2 N–H and O–H groups in total. The molecule has 19 heavy (non-hydrogen) atoms. The number of ether oxygens (including phenoxy) is 2. The molecular formula is C15H20O4. The van der Waals surface area contributed by atoms with E-state index in [0.717, 1.165) is 22.3 Å². The average Bonchev–Trinajstić information content (AvgIpc) is 2.49. The summed E-state index contributed by atoms with van der Waals surface area (Å²) in [5.74, 6) is -0.616. The Morgan fingerprint density at radius 1 is 0.947 bits per heavy atom. The molecule has 104 valence electrons. The van der Waals surface area contributed by atoms with Gasteiger partial charge in [0.15, 0.2) is 5.79 Å². The molecule has 0 radical (unpaired) electrons. The van der Waals surface area contributed by atoms with E-state index in [-0.39, 0.29) is 13.2 Å². The Kier molecular flexibility index (Phi) is 4.37. The first-order valence-corrected chi connectivity index (χ1v) is 6.35. The van der Waals surface area contributed by atoms with Gasteiger partial charge in [-0.1, -0.05) is 24.3 Å². The number of hydrogen-bond donors (Lipinski definition) is 2. The molecule has 1 heterocycles. The summed E-state index contributed by atoms with van der Waals surface area (Å²) in [6.07, 6.45) is 7.48. The zero-order valence-corrected chi connectivity index (χ0v) is 11.3. The SMILES string of the molecule is CC1(C)OCC2=C(\C=C(CO)/C=C(CO)\C=C/2)CO1. The van der Waals surface area contributed by atoms with Crippen LogP contribution in [-0.4, -0.2) is 42.4 Å². The van der Waals surface area contributed by atoms with Crippen molar-refractivity contribution < 1.29 is 19.7 Å². The predicted octanol–water partition coefficient (Wildman–Crippen LogP) is 1.47. The maximum absolute atomic E-state index is 9.37. The minimum atomic E-state index is -0.616. The molecule has 2 aliphatic rings. The number of hydrogen-bond acceptors (Lipinski definition) is 4. The van der Waals surface area contributed by atoms with Crippen molar-refractivity contribution in [2.75, 3.05) is 26.4 Å². The van der Waals surface area contributed by atoms with Crippen LogP contribution in [0.2, 0.25) is 0 Å². The fraction of sp³-hybridized carbons (Fsp3) is 0.467. The van der Waals surface area contributed by atoms with E-state index in [1.54, 1.807) is 6.08 Å². The van der Waals surface area contributed by atoms with E-state index in [1.165, 1.54) is 0 Å². The van der Waals surface area contributed by atoms with Gasteiger partial charge in [-0.3, -0.25) is 0 Å². The molecule has 0 aromatic carbocycles. The van der Waals surface area contributed by atoms with Crippen LogP contribution in [0.15, 0.2) is 46.6 Å². The number of aliphatic hydroxyl groups is 2. The molecule has 0 amide bonds. The van der Waals surface area contributed by atoms with Gasteiger partial charge in [-0.15, -0.1) is 0 Å². The van der Waals surface area contributed by atoms with E-state index in [4.69, 9.17) is 9.47 Å². The van der Waals surface area contributed by atoms with Crippen molar-refractivity contribution in [1.82, 2.24) is 0 Å². The van der Waals surface area contributed by atoms with Gasteiger partial charge >= 0.3 is 0 Å². The maximum atomic E-state index is 9.37. The van der Waals surface area contributed by atoms with Crippen LogP contribution in [0.5, 0.6) is 0 Å². The lowest BCUT2D eigenvalue weighted by molar-refractivity contribution is -0.197. The Hall–Kier alpha value is -1.20. The molecule has 1 aliphatic heterocycles. The zero-order chi connectivity index (χ0) is 13.9. The Morgan fingerprint density at radius 2 is 1.58 bits per heavy atom. The molecule has 4 nitrogen and oxygen atoms in total. The normalized spacial score (nSPS) is 30.1. The van der Waals surface area contributed by atoms with Crippen molar-refractivity contribution in [1.29, 1.82) is 0 Å². The van der Waals surface area contributed by atoms with Gasteiger partial charge in [0.2, 0.25) is 0 Å². The Morgan fingerprint density at radius 3 is 2.21 bits per heavy atom. The largest absolute Gasteiger partial charge is 0.392 e. The number of aliphatic hydroxyl groups excluding tert-OH is 2. The van der Waals surface area contributed by atoms with Gasteiger partial charge in [-0.05, 0) is 36.1 Å². The quantitative estimate of drug-likeness (QED) is 0.793. The molecule has 2 rings (SSSR count). The summed E-state index contributed by atoms with van der Waals surface area (Å²) in [4.78, 5) is 0. The lowest BCUT2D eigenvalue weighted by Gasteiger charge is -2.22. The summed E-state index contributed by atoms with van der Waals surface area (Å²) in [5.41, 5.74) is 3.52. The Balaban J connectivity index is 2.34. The van der Waals surface area contributed by atoms with Crippen LogP contribution in [0, 0.1) is 0 Å². The molecule has 0 unspecified atom stereocenters. The second-order valence-corrected chi connectivity index (χ2v) is 5.12. The first kappa shape index (κ1) is 14.2. The third-order valence-corrected chi connectivity index (χ3v) is 3.16. The third-order valence-electron chi connectivity index (χ3n) is 3.16. The molecule has 0 saturated heterocycles. The van der Waals surface area contributed by atoms with Gasteiger partial charge in [-0.25, -0.2) is 0 Å². The van der Waals surface area contributed by atoms with Crippen molar-refractivity contribution in [2.24, 2.45) is 0 Å². The second kappa shape index (κ2) is 5.84. The van der Waals surface area contributed by atoms with Gasteiger partial charge in [0.05, 0.1) is 26.4 Å². The maximum Gasteiger partial charge on any atom is 0.163 e. The first-order valence-electron chi connectivity index (χ1n) is 6.35. The van der Waals surface area contributed by atoms with E-state index in [1.807, 2.05) is 32.1 Å². The van der Waals surface area contributed by atoms with E-state index in [9.17, 15) is 10.2 Å². The van der Waals surface area contributed by atoms with Crippen LogP contribution >= 0.6 is 0 Å². The predicted molar refractivity (Wildman–Crippen MR) is 72.5 cm³/mol. The van der Waals surface area contributed by atoms with E-state index in [0.29, 0.717) is 13.2 Å². The lowest BCUT2D eigenvalue weighted by atomic mass is 10.0. The topological polar surface area (TPSA) is 58.9 Å². The molecule has 0 bridgehead atoms. The summed E-state index contributed by atoms with van der Waals surface area (Å²) >= 11 is 0. The van der Waals surface area contributed by atoms with Crippen molar-refractivity contribution >= 4 is 0 Å². The molecule has 4 heteroatoms. The van der Waals surface area contributed by atoms with E-state index >= 15 is 0 Å².